The Morgan fingerprint density at radius 2 is 2.05 bits per heavy atom. The lowest BCUT2D eigenvalue weighted by Crippen LogP contribution is -2.14. The van der Waals surface area contributed by atoms with Crippen molar-refractivity contribution < 1.29 is 18.6 Å². The molecule has 0 saturated carbocycles. The Labute approximate surface area is 121 Å². The highest BCUT2D eigenvalue weighted by Gasteiger charge is 2.17. The van der Waals surface area contributed by atoms with E-state index in [2.05, 4.69) is 0 Å². The Hall–Kier alpha value is -2.58. The molecule has 0 spiro atoms. The van der Waals surface area contributed by atoms with E-state index < -0.39 is 0 Å². The minimum absolute atomic E-state index is 0.155. The van der Waals surface area contributed by atoms with Crippen LogP contribution in [0.4, 0.5) is 4.39 Å². The van der Waals surface area contributed by atoms with Crippen LogP contribution in [-0.2, 0) is 18.0 Å². The van der Waals surface area contributed by atoms with Crippen molar-refractivity contribution in [3.05, 3.63) is 58.9 Å². The predicted molar refractivity (Wildman–Crippen MR) is 72.2 cm³/mol. The zero-order valence-corrected chi connectivity index (χ0v) is 11.1. The van der Waals surface area contributed by atoms with E-state index in [0.29, 0.717) is 34.8 Å². The second kappa shape index (κ2) is 5.81. The number of nitrogens with zero attached hydrogens (tertiary/aromatic N) is 1. The number of halogens is 1. The summed E-state index contributed by atoms with van der Waals surface area (Å²) in [5.74, 6) is 0.886. The lowest BCUT2D eigenvalue weighted by atomic mass is 10.1. The molecule has 1 aliphatic heterocycles. The molecule has 0 unspecified atom stereocenters. The summed E-state index contributed by atoms with van der Waals surface area (Å²) in [5, 5.41) is 8.74. The fourth-order valence-corrected chi connectivity index (χ4v) is 2.15. The maximum atomic E-state index is 13.6. The second-order valence-corrected chi connectivity index (χ2v) is 4.59. The molecule has 0 aromatic heterocycles. The fraction of sp³-hybridized carbons (Fsp3) is 0.188. The zero-order chi connectivity index (χ0) is 14.7. The van der Waals surface area contributed by atoms with Gasteiger partial charge in [0.15, 0.2) is 6.79 Å². The first-order valence-corrected chi connectivity index (χ1v) is 6.41. The summed E-state index contributed by atoms with van der Waals surface area (Å²) in [6, 6.07) is 11.6. The van der Waals surface area contributed by atoms with E-state index in [1.165, 1.54) is 12.1 Å². The lowest BCUT2D eigenvalue weighted by molar-refractivity contribution is -0.0178. The topological polar surface area (TPSA) is 51.5 Å². The molecule has 5 heteroatoms. The number of hydrogen-bond donors (Lipinski definition) is 0. The molecule has 1 aliphatic rings. The van der Waals surface area contributed by atoms with Crippen molar-refractivity contribution in [2.45, 2.75) is 13.2 Å². The Balaban J connectivity index is 1.78. The largest absolute Gasteiger partial charge is 0.489 e. The average Bonchev–Trinajstić information content (AvgIpc) is 2.53. The van der Waals surface area contributed by atoms with E-state index in [4.69, 9.17) is 19.5 Å². The van der Waals surface area contributed by atoms with Crippen LogP contribution in [-0.4, -0.2) is 6.79 Å². The minimum atomic E-state index is -0.346. The van der Waals surface area contributed by atoms with E-state index in [9.17, 15) is 4.39 Å². The van der Waals surface area contributed by atoms with Crippen LogP contribution >= 0.6 is 0 Å². The second-order valence-electron chi connectivity index (χ2n) is 4.59. The maximum absolute atomic E-state index is 13.6. The van der Waals surface area contributed by atoms with Gasteiger partial charge in [-0.2, -0.15) is 5.26 Å². The highest BCUT2D eigenvalue weighted by molar-refractivity contribution is 5.42. The first-order chi connectivity index (χ1) is 10.3. The van der Waals surface area contributed by atoms with Gasteiger partial charge in [0.1, 0.15) is 23.9 Å². The van der Waals surface area contributed by atoms with Gasteiger partial charge in [-0.3, -0.25) is 0 Å². The highest BCUT2D eigenvalue weighted by Crippen LogP contribution is 2.30. The van der Waals surface area contributed by atoms with Gasteiger partial charge in [0, 0.05) is 11.1 Å². The number of benzene rings is 2. The predicted octanol–water partition coefficient (Wildman–Crippen LogP) is 3.14. The molecule has 2 aromatic rings. The first-order valence-electron chi connectivity index (χ1n) is 6.41. The van der Waals surface area contributed by atoms with Gasteiger partial charge < -0.3 is 14.2 Å². The standard InChI is InChI=1S/C16H12FNO3/c17-14-5-12-8-19-10-21-16(12)13(6-14)9-20-15-3-1-11(7-18)2-4-15/h1-6H,8-10H2. The van der Waals surface area contributed by atoms with E-state index in [1.807, 2.05) is 6.07 Å². The van der Waals surface area contributed by atoms with Crippen molar-refractivity contribution in [3.8, 4) is 17.6 Å². The molecule has 0 radical (unpaired) electrons. The smallest absolute Gasteiger partial charge is 0.189 e. The molecular weight excluding hydrogens is 273 g/mol. The van der Waals surface area contributed by atoms with Gasteiger partial charge in [-0.15, -0.1) is 0 Å². The molecular formula is C16H12FNO3. The van der Waals surface area contributed by atoms with E-state index in [0.717, 1.165) is 0 Å². The Kier molecular flexibility index (Phi) is 3.71. The van der Waals surface area contributed by atoms with Crippen molar-refractivity contribution in [3.63, 3.8) is 0 Å². The van der Waals surface area contributed by atoms with Crippen LogP contribution in [0, 0.1) is 17.1 Å². The molecule has 106 valence electrons. The first kappa shape index (κ1) is 13.4. The van der Waals surface area contributed by atoms with Crippen LogP contribution in [0.3, 0.4) is 0 Å². The van der Waals surface area contributed by atoms with Crippen molar-refractivity contribution in [2.24, 2.45) is 0 Å². The van der Waals surface area contributed by atoms with Crippen LogP contribution in [0.1, 0.15) is 16.7 Å². The molecule has 1 heterocycles. The maximum Gasteiger partial charge on any atom is 0.189 e. The Bertz CT molecular complexity index is 692. The average molecular weight is 285 g/mol. The third kappa shape index (κ3) is 2.96. The fourth-order valence-electron chi connectivity index (χ4n) is 2.15. The molecule has 21 heavy (non-hydrogen) atoms. The van der Waals surface area contributed by atoms with Gasteiger partial charge in [-0.25, -0.2) is 4.39 Å². The monoisotopic (exact) mass is 285 g/mol. The zero-order valence-electron chi connectivity index (χ0n) is 11.1. The van der Waals surface area contributed by atoms with Gasteiger partial charge in [-0.05, 0) is 36.4 Å². The van der Waals surface area contributed by atoms with Crippen molar-refractivity contribution in [2.75, 3.05) is 6.79 Å². The molecule has 0 fully saturated rings. The molecule has 0 amide bonds. The lowest BCUT2D eigenvalue weighted by Gasteiger charge is -2.21. The number of hydrogen-bond acceptors (Lipinski definition) is 4. The molecule has 0 atom stereocenters. The molecule has 0 aliphatic carbocycles. The molecule has 0 bridgehead atoms. The van der Waals surface area contributed by atoms with E-state index in [-0.39, 0.29) is 19.2 Å². The van der Waals surface area contributed by atoms with Gasteiger partial charge in [0.25, 0.3) is 0 Å². The summed E-state index contributed by atoms with van der Waals surface area (Å²) in [6.07, 6.45) is 0. The van der Waals surface area contributed by atoms with Crippen LogP contribution in [0.25, 0.3) is 0 Å². The molecule has 2 aromatic carbocycles. The molecule has 0 N–H and O–H groups in total. The SMILES string of the molecule is N#Cc1ccc(OCc2cc(F)cc3c2OCOC3)cc1. The molecule has 3 rings (SSSR count). The minimum Gasteiger partial charge on any atom is -0.489 e. The van der Waals surface area contributed by atoms with E-state index in [1.54, 1.807) is 24.3 Å². The van der Waals surface area contributed by atoms with Gasteiger partial charge >= 0.3 is 0 Å². The van der Waals surface area contributed by atoms with Crippen LogP contribution in [0.2, 0.25) is 0 Å². The summed E-state index contributed by atoms with van der Waals surface area (Å²) in [6.45, 7) is 0.672. The Morgan fingerprint density at radius 1 is 1.24 bits per heavy atom. The number of nitriles is 1. The third-order valence-corrected chi connectivity index (χ3v) is 3.13. The van der Waals surface area contributed by atoms with Gasteiger partial charge in [0.2, 0.25) is 0 Å². The van der Waals surface area contributed by atoms with Crippen LogP contribution in [0.5, 0.6) is 11.5 Å². The number of rotatable bonds is 3. The van der Waals surface area contributed by atoms with Crippen LogP contribution in [0.15, 0.2) is 36.4 Å². The van der Waals surface area contributed by atoms with Crippen LogP contribution < -0.4 is 9.47 Å². The molecule has 0 saturated heterocycles. The third-order valence-electron chi connectivity index (χ3n) is 3.13. The van der Waals surface area contributed by atoms with Crippen molar-refractivity contribution in [1.82, 2.24) is 0 Å². The molecule has 4 nitrogen and oxygen atoms in total. The highest BCUT2D eigenvalue weighted by atomic mass is 19.1. The normalized spacial score (nSPS) is 13.0. The summed E-state index contributed by atoms with van der Waals surface area (Å²) >= 11 is 0. The number of fused-ring (bicyclic) bond motifs is 1. The van der Waals surface area contributed by atoms with Gasteiger partial charge in [0.05, 0.1) is 18.2 Å². The summed E-state index contributed by atoms with van der Waals surface area (Å²) in [7, 11) is 0. The van der Waals surface area contributed by atoms with E-state index >= 15 is 0 Å². The number of ether oxygens (including phenoxy) is 3. The summed E-state index contributed by atoms with van der Waals surface area (Å²) in [4.78, 5) is 0. The van der Waals surface area contributed by atoms with Crippen molar-refractivity contribution >= 4 is 0 Å². The Morgan fingerprint density at radius 3 is 2.81 bits per heavy atom. The quantitative estimate of drug-likeness (QED) is 0.869. The van der Waals surface area contributed by atoms with Crippen molar-refractivity contribution in [1.29, 1.82) is 5.26 Å². The van der Waals surface area contributed by atoms with Gasteiger partial charge in [-0.1, -0.05) is 0 Å². The summed E-state index contributed by atoms with van der Waals surface area (Å²) < 4.78 is 29.7. The summed E-state index contributed by atoms with van der Waals surface area (Å²) in [5.41, 5.74) is 1.88.